The van der Waals surface area contributed by atoms with E-state index in [-0.39, 0.29) is 11.9 Å². The van der Waals surface area contributed by atoms with Crippen LogP contribution < -0.4 is 11.1 Å². The van der Waals surface area contributed by atoms with Crippen LogP contribution in [0.2, 0.25) is 5.02 Å². The Morgan fingerprint density at radius 3 is 3.10 bits per heavy atom. The number of morpholine rings is 1. The van der Waals surface area contributed by atoms with Crippen molar-refractivity contribution in [3.63, 3.8) is 0 Å². The summed E-state index contributed by atoms with van der Waals surface area (Å²) >= 11 is 6.22. The molecule has 0 aromatic heterocycles. The summed E-state index contributed by atoms with van der Waals surface area (Å²) in [5, 5.41) is 3.56. The Morgan fingerprint density at radius 1 is 1.57 bits per heavy atom. The average molecular weight is 312 g/mol. The van der Waals surface area contributed by atoms with Gasteiger partial charge in [0.15, 0.2) is 0 Å². The number of halogens is 1. The second-order valence-corrected chi connectivity index (χ2v) is 5.57. The van der Waals surface area contributed by atoms with Crippen LogP contribution in [-0.4, -0.2) is 43.2 Å². The van der Waals surface area contributed by atoms with Gasteiger partial charge in [-0.05, 0) is 18.6 Å². The molecule has 1 aliphatic rings. The number of nitrogens with one attached hydrogen (secondary N) is 1. The molecule has 1 atom stereocenters. The van der Waals surface area contributed by atoms with E-state index in [1.807, 2.05) is 25.1 Å². The van der Waals surface area contributed by atoms with Gasteiger partial charge in [0.25, 0.3) is 0 Å². The first-order valence-corrected chi connectivity index (χ1v) is 7.63. The molecule has 5 nitrogen and oxygen atoms in total. The van der Waals surface area contributed by atoms with Gasteiger partial charge in [0.05, 0.1) is 13.2 Å². The van der Waals surface area contributed by atoms with Crippen molar-refractivity contribution < 1.29 is 9.53 Å². The normalized spacial score (nSPS) is 19.4. The first-order chi connectivity index (χ1) is 10.1. The van der Waals surface area contributed by atoms with Gasteiger partial charge in [-0.2, -0.15) is 0 Å². The zero-order chi connectivity index (χ0) is 15.2. The molecule has 1 saturated heterocycles. The van der Waals surface area contributed by atoms with Gasteiger partial charge in [-0.15, -0.1) is 0 Å². The standard InChI is InChI=1S/C15H22ClN3O2/c1-2-6-18-15(20)14-10-21-8-7-19(14)9-11-12(16)4-3-5-13(11)17/h3-5,14H,2,6-10,17H2,1H3,(H,18,20). The fourth-order valence-corrected chi connectivity index (χ4v) is 2.62. The highest BCUT2D eigenvalue weighted by Gasteiger charge is 2.29. The van der Waals surface area contributed by atoms with Crippen molar-refractivity contribution in [1.29, 1.82) is 0 Å². The molecule has 1 aromatic carbocycles. The molecule has 21 heavy (non-hydrogen) atoms. The molecule has 6 heteroatoms. The number of benzene rings is 1. The number of carbonyl (C=O) groups is 1. The lowest BCUT2D eigenvalue weighted by Crippen LogP contribution is -2.53. The third kappa shape index (κ3) is 4.09. The van der Waals surface area contributed by atoms with Crippen LogP contribution in [-0.2, 0) is 16.1 Å². The van der Waals surface area contributed by atoms with Crippen molar-refractivity contribution >= 4 is 23.2 Å². The van der Waals surface area contributed by atoms with Crippen LogP contribution in [0.25, 0.3) is 0 Å². The molecular formula is C15H22ClN3O2. The van der Waals surface area contributed by atoms with Gasteiger partial charge in [-0.3, -0.25) is 9.69 Å². The number of rotatable bonds is 5. The van der Waals surface area contributed by atoms with Crippen LogP contribution in [0.1, 0.15) is 18.9 Å². The summed E-state index contributed by atoms with van der Waals surface area (Å²) in [4.78, 5) is 14.3. The number of hydrogen-bond donors (Lipinski definition) is 2. The van der Waals surface area contributed by atoms with Gasteiger partial charge in [0.2, 0.25) is 5.91 Å². The van der Waals surface area contributed by atoms with E-state index in [2.05, 4.69) is 10.2 Å². The summed E-state index contributed by atoms with van der Waals surface area (Å²) in [6, 6.07) is 5.18. The highest BCUT2D eigenvalue weighted by molar-refractivity contribution is 6.31. The SMILES string of the molecule is CCCNC(=O)C1COCCN1Cc1c(N)cccc1Cl. The molecule has 0 bridgehead atoms. The van der Waals surface area contributed by atoms with E-state index >= 15 is 0 Å². The number of hydrogen-bond acceptors (Lipinski definition) is 4. The zero-order valence-electron chi connectivity index (χ0n) is 12.3. The number of nitrogens with two attached hydrogens (primary N) is 1. The minimum atomic E-state index is -0.291. The quantitative estimate of drug-likeness (QED) is 0.811. The van der Waals surface area contributed by atoms with Crippen molar-refractivity contribution in [2.75, 3.05) is 32.0 Å². The summed E-state index contributed by atoms with van der Waals surface area (Å²) in [6.07, 6.45) is 0.913. The molecule has 0 radical (unpaired) electrons. The van der Waals surface area contributed by atoms with Gasteiger partial charge >= 0.3 is 0 Å². The minimum Gasteiger partial charge on any atom is -0.398 e. The van der Waals surface area contributed by atoms with Gasteiger partial charge in [-0.25, -0.2) is 0 Å². The Hall–Kier alpha value is -1.30. The molecular weight excluding hydrogens is 290 g/mol. The maximum absolute atomic E-state index is 12.2. The van der Waals surface area contributed by atoms with Crippen molar-refractivity contribution in [2.24, 2.45) is 0 Å². The molecule has 1 aliphatic heterocycles. The summed E-state index contributed by atoms with van der Waals surface area (Å²) in [5.74, 6) is 0.00201. The highest BCUT2D eigenvalue weighted by atomic mass is 35.5. The van der Waals surface area contributed by atoms with Crippen LogP contribution >= 0.6 is 11.6 Å². The molecule has 1 heterocycles. The van der Waals surface area contributed by atoms with E-state index in [1.165, 1.54) is 0 Å². The summed E-state index contributed by atoms with van der Waals surface area (Å²) in [7, 11) is 0. The third-order valence-electron chi connectivity index (χ3n) is 3.61. The monoisotopic (exact) mass is 311 g/mol. The number of nitrogens with zero attached hydrogens (tertiary/aromatic N) is 1. The van der Waals surface area contributed by atoms with Crippen LogP contribution in [0.3, 0.4) is 0 Å². The number of anilines is 1. The van der Waals surface area contributed by atoms with Crippen LogP contribution in [0, 0.1) is 0 Å². The number of carbonyl (C=O) groups excluding carboxylic acids is 1. The predicted molar refractivity (Wildman–Crippen MR) is 84.2 cm³/mol. The molecule has 1 aromatic rings. The van der Waals surface area contributed by atoms with Crippen molar-refractivity contribution in [3.8, 4) is 0 Å². The molecule has 3 N–H and O–H groups in total. The highest BCUT2D eigenvalue weighted by Crippen LogP contribution is 2.25. The first kappa shape index (κ1) is 16.1. The molecule has 0 spiro atoms. The molecule has 116 valence electrons. The largest absolute Gasteiger partial charge is 0.398 e. The van der Waals surface area contributed by atoms with E-state index in [1.54, 1.807) is 0 Å². The van der Waals surface area contributed by atoms with Gasteiger partial charge in [0, 0.05) is 35.9 Å². The van der Waals surface area contributed by atoms with Crippen molar-refractivity contribution in [1.82, 2.24) is 10.2 Å². The first-order valence-electron chi connectivity index (χ1n) is 7.25. The Kier molecular flexibility index (Phi) is 5.85. The van der Waals surface area contributed by atoms with Crippen LogP contribution in [0.5, 0.6) is 0 Å². The van der Waals surface area contributed by atoms with Gasteiger partial charge in [0.1, 0.15) is 6.04 Å². The molecule has 1 amide bonds. The molecule has 1 unspecified atom stereocenters. The van der Waals surface area contributed by atoms with E-state index in [9.17, 15) is 4.79 Å². The van der Waals surface area contributed by atoms with Crippen molar-refractivity contribution in [2.45, 2.75) is 25.9 Å². The molecule has 2 rings (SSSR count). The molecule has 0 aliphatic carbocycles. The summed E-state index contributed by atoms with van der Waals surface area (Å²) in [6.45, 7) is 4.97. The summed E-state index contributed by atoms with van der Waals surface area (Å²) in [5.41, 5.74) is 7.52. The topological polar surface area (TPSA) is 67.6 Å². The number of ether oxygens (including phenoxy) is 1. The van der Waals surface area contributed by atoms with Gasteiger partial charge < -0.3 is 15.8 Å². The minimum absolute atomic E-state index is 0.00201. The lowest BCUT2D eigenvalue weighted by Gasteiger charge is -2.35. The lowest BCUT2D eigenvalue weighted by molar-refractivity contribution is -0.132. The fraction of sp³-hybridized carbons (Fsp3) is 0.533. The van der Waals surface area contributed by atoms with E-state index < -0.39 is 0 Å². The second-order valence-electron chi connectivity index (χ2n) is 5.16. The molecule has 1 fully saturated rings. The maximum Gasteiger partial charge on any atom is 0.239 e. The van der Waals surface area contributed by atoms with Gasteiger partial charge in [-0.1, -0.05) is 24.6 Å². The lowest BCUT2D eigenvalue weighted by atomic mass is 10.1. The molecule has 0 saturated carbocycles. The van der Waals surface area contributed by atoms with E-state index in [0.717, 1.165) is 12.0 Å². The fourth-order valence-electron chi connectivity index (χ4n) is 2.38. The maximum atomic E-state index is 12.2. The zero-order valence-corrected chi connectivity index (χ0v) is 13.0. The summed E-state index contributed by atoms with van der Waals surface area (Å²) < 4.78 is 5.44. The average Bonchev–Trinajstić information content (AvgIpc) is 2.49. The smallest absolute Gasteiger partial charge is 0.239 e. The van der Waals surface area contributed by atoms with Crippen LogP contribution in [0.15, 0.2) is 18.2 Å². The van der Waals surface area contributed by atoms with E-state index in [4.69, 9.17) is 22.1 Å². The predicted octanol–water partition coefficient (Wildman–Crippen LogP) is 1.65. The second kappa shape index (κ2) is 7.64. The van der Waals surface area contributed by atoms with Crippen molar-refractivity contribution in [3.05, 3.63) is 28.8 Å². The number of nitrogen functional groups attached to an aromatic ring is 1. The Labute approximate surface area is 130 Å². The van der Waals surface area contributed by atoms with Crippen LogP contribution in [0.4, 0.5) is 5.69 Å². The van der Waals surface area contributed by atoms with E-state index in [0.29, 0.717) is 43.6 Å². The third-order valence-corrected chi connectivity index (χ3v) is 3.96. The Bertz CT molecular complexity index is 476. The Morgan fingerprint density at radius 2 is 2.38 bits per heavy atom. The number of amides is 1. The Balaban J connectivity index is 2.10.